The summed E-state index contributed by atoms with van der Waals surface area (Å²) in [5.74, 6) is 0.655. The number of rotatable bonds is 4. The molecule has 1 saturated carbocycles. The van der Waals surface area contributed by atoms with E-state index in [2.05, 4.69) is 5.32 Å². The minimum atomic E-state index is -0.0819. The Morgan fingerprint density at radius 2 is 2.00 bits per heavy atom. The predicted molar refractivity (Wildman–Crippen MR) is 101 cm³/mol. The average Bonchev–Trinajstić information content (AvgIpc) is 3.31. The Hall–Kier alpha value is -2.21. The van der Waals surface area contributed by atoms with E-state index in [1.165, 1.54) is 0 Å². The summed E-state index contributed by atoms with van der Waals surface area (Å²) < 4.78 is 5.53. The number of carbonyl (C=O) groups excluding carboxylic acids is 2. The summed E-state index contributed by atoms with van der Waals surface area (Å²) in [5, 5.41) is 3.00. The van der Waals surface area contributed by atoms with E-state index in [0.29, 0.717) is 6.42 Å². The maximum atomic E-state index is 12.9. The van der Waals surface area contributed by atoms with Crippen LogP contribution < -0.4 is 10.2 Å². The Labute approximate surface area is 157 Å². The molecule has 1 unspecified atom stereocenters. The van der Waals surface area contributed by atoms with E-state index >= 15 is 0 Å². The van der Waals surface area contributed by atoms with E-state index in [1.54, 1.807) is 22.9 Å². The van der Waals surface area contributed by atoms with Crippen molar-refractivity contribution < 1.29 is 14.0 Å². The SMILES string of the molecule is O=C(CN1C(=O)CC(c2ccco2)Sc2ccccc21)NC1CCCC1. The van der Waals surface area contributed by atoms with Gasteiger partial charge in [0.15, 0.2) is 0 Å². The zero-order valence-electron chi connectivity index (χ0n) is 14.5. The molecule has 4 rings (SSSR count). The van der Waals surface area contributed by atoms with Crippen LogP contribution in [-0.2, 0) is 9.59 Å². The third-order valence-corrected chi connectivity index (χ3v) is 6.25. The molecule has 1 N–H and O–H groups in total. The van der Waals surface area contributed by atoms with Crippen LogP contribution in [0.1, 0.15) is 43.1 Å². The Kier molecular flexibility index (Phi) is 5.02. The summed E-state index contributed by atoms with van der Waals surface area (Å²) in [6.07, 6.45) is 6.34. The lowest BCUT2D eigenvalue weighted by Crippen LogP contribution is -2.43. The number of amides is 2. The fourth-order valence-corrected chi connectivity index (χ4v) is 4.91. The summed E-state index contributed by atoms with van der Waals surface area (Å²) in [6.45, 7) is 0.0672. The molecule has 26 heavy (non-hydrogen) atoms. The van der Waals surface area contributed by atoms with Crippen LogP contribution in [0, 0.1) is 0 Å². The number of fused-ring (bicyclic) bond motifs is 1. The van der Waals surface area contributed by atoms with Crippen LogP contribution in [0.2, 0.25) is 0 Å². The first-order chi connectivity index (χ1) is 12.7. The van der Waals surface area contributed by atoms with Crippen LogP contribution in [0.25, 0.3) is 0 Å². The van der Waals surface area contributed by atoms with Gasteiger partial charge in [0.25, 0.3) is 0 Å². The largest absolute Gasteiger partial charge is 0.468 e. The molecular formula is C20H22N2O3S. The molecule has 0 bridgehead atoms. The van der Waals surface area contributed by atoms with E-state index in [0.717, 1.165) is 42.0 Å². The zero-order chi connectivity index (χ0) is 17.9. The first-order valence-corrected chi connectivity index (χ1v) is 9.97. The molecule has 1 aliphatic carbocycles. The van der Waals surface area contributed by atoms with Gasteiger partial charge in [0.2, 0.25) is 11.8 Å². The summed E-state index contributed by atoms with van der Waals surface area (Å²) in [4.78, 5) is 28.1. The lowest BCUT2D eigenvalue weighted by molar-refractivity contribution is -0.124. The smallest absolute Gasteiger partial charge is 0.240 e. The van der Waals surface area contributed by atoms with Crippen LogP contribution in [-0.4, -0.2) is 24.4 Å². The second kappa shape index (κ2) is 7.58. The lowest BCUT2D eigenvalue weighted by Gasteiger charge is -2.23. The fourth-order valence-electron chi connectivity index (χ4n) is 3.67. The molecule has 1 fully saturated rings. The normalized spacial score (nSPS) is 20.7. The highest BCUT2D eigenvalue weighted by Crippen LogP contribution is 2.45. The van der Waals surface area contributed by atoms with Gasteiger partial charge in [0.05, 0.1) is 17.2 Å². The minimum Gasteiger partial charge on any atom is -0.468 e. The van der Waals surface area contributed by atoms with Gasteiger partial charge in [-0.1, -0.05) is 25.0 Å². The van der Waals surface area contributed by atoms with Gasteiger partial charge in [0.1, 0.15) is 12.3 Å². The van der Waals surface area contributed by atoms with E-state index < -0.39 is 0 Å². The number of hydrogen-bond donors (Lipinski definition) is 1. The fraction of sp³-hybridized carbons (Fsp3) is 0.400. The summed E-state index contributed by atoms with van der Waals surface area (Å²) in [5.41, 5.74) is 0.804. The monoisotopic (exact) mass is 370 g/mol. The molecule has 5 nitrogen and oxygen atoms in total. The number of benzene rings is 1. The molecule has 0 saturated heterocycles. The van der Waals surface area contributed by atoms with Crippen molar-refractivity contribution in [1.29, 1.82) is 0 Å². The Bertz CT molecular complexity index is 784. The number of nitrogens with one attached hydrogen (secondary N) is 1. The molecule has 1 atom stereocenters. The van der Waals surface area contributed by atoms with Crippen molar-refractivity contribution in [1.82, 2.24) is 5.32 Å². The van der Waals surface area contributed by atoms with Gasteiger partial charge >= 0.3 is 0 Å². The van der Waals surface area contributed by atoms with Crippen molar-refractivity contribution in [3.8, 4) is 0 Å². The highest BCUT2D eigenvalue weighted by molar-refractivity contribution is 7.99. The average molecular weight is 370 g/mol. The van der Waals surface area contributed by atoms with E-state index in [1.807, 2.05) is 36.4 Å². The number of thioether (sulfide) groups is 1. The molecule has 1 aliphatic heterocycles. The number of furan rings is 1. The van der Waals surface area contributed by atoms with E-state index in [-0.39, 0.29) is 29.7 Å². The van der Waals surface area contributed by atoms with Gasteiger partial charge in [-0.25, -0.2) is 0 Å². The maximum Gasteiger partial charge on any atom is 0.240 e. The highest BCUT2D eigenvalue weighted by atomic mass is 32.2. The Morgan fingerprint density at radius 3 is 2.77 bits per heavy atom. The van der Waals surface area contributed by atoms with Gasteiger partial charge < -0.3 is 14.6 Å². The van der Waals surface area contributed by atoms with E-state index in [4.69, 9.17) is 4.42 Å². The standard InChI is InChI=1S/C20H22N2O3S/c23-19(21-14-6-1-2-7-14)13-22-15-8-3-4-10-17(15)26-18(12-20(22)24)16-9-5-11-25-16/h3-5,8-11,14,18H,1-2,6-7,12-13H2,(H,21,23). The van der Waals surface area contributed by atoms with Crippen molar-refractivity contribution in [2.75, 3.05) is 11.4 Å². The minimum absolute atomic E-state index is 0.0505. The number of hydrogen-bond acceptors (Lipinski definition) is 4. The number of para-hydroxylation sites is 1. The number of carbonyl (C=O) groups is 2. The van der Waals surface area contributed by atoms with E-state index in [9.17, 15) is 9.59 Å². The zero-order valence-corrected chi connectivity index (χ0v) is 15.3. The van der Waals surface area contributed by atoms with Crippen LogP contribution in [0.3, 0.4) is 0 Å². The van der Waals surface area contributed by atoms with Gasteiger partial charge in [-0.15, -0.1) is 11.8 Å². The Morgan fingerprint density at radius 1 is 1.19 bits per heavy atom. The summed E-state index contributed by atoms with van der Waals surface area (Å²) >= 11 is 1.62. The van der Waals surface area contributed by atoms with Crippen LogP contribution >= 0.6 is 11.8 Å². The first kappa shape index (κ1) is 17.2. The van der Waals surface area contributed by atoms with Crippen LogP contribution in [0.4, 0.5) is 5.69 Å². The molecule has 6 heteroatoms. The van der Waals surface area contributed by atoms with Gasteiger partial charge in [-0.2, -0.15) is 0 Å². The van der Waals surface area contributed by atoms with Gasteiger partial charge in [-0.3, -0.25) is 9.59 Å². The molecule has 0 radical (unpaired) electrons. The molecule has 1 aromatic carbocycles. The third kappa shape index (κ3) is 3.65. The first-order valence-electron chi connectivity index (χ1n) is 9.09. The number of nitrogens with zero attached hydrogens (tertiary/aromatic N) is 1. The molecule has 1 aromatic heterocycles. The second-order valence-corrected chi connectivity index (χ2v) is 8.07. The van der Waals surface area contributed by atoms with Gasteiger partial charge in [-0.05, 0) is 37.1 Å². The second-order valence-electron chi connectivity index (χ2n) is 6.82. The van der Waals surface area contributed by atoms with Crippen molar-refractivity contribution in [2.24, 2.45) is 0 Å². The topological polar surface area (TPSA) is 62.6 Å². The lowest BCUT2D eigenvalue weighted by atomic mass is 10.2. The summed E-state index contributed by atoms with van der Waals surface area (Å²) in [7, 11) is 0. The number of anilines is 1. The highest BCUT2D eigenvalue weighted by Gasteiger charge is 2.31. The quantitative estimate of drug-likeness (QED) is 0.886. The Balaban J connectivity index is 1.56. The molecule has 2 aliphatic rings. The molecule has 136 valence electrons. The van der Waals surface area contributed by atoms with Crippen molar-refractivity contribution in [3.05, 3.63) is 48.4 Å². The maximum absolute atomic E-state index is 12.9. The van der Waals surface area contributed by atoms with Crippen molar-refractivity contribution >= 4 is 29.3 Å². The van der Waals surface area contributed by atoms with Crippen LogP contribution in [0.15, 0.2) is 52.0 Å². The molecule has 2 aromatic rings. The van der Waals surface area contributed by atoms with Crippen molar-refractivity contribution in [3.63, 3.8) is 0 Å². The van der Waals surface area contributed by atoms with Crippen LogP contribution in [0.5, 0.6) is 0 Å². The van der Waals surface area contributed by atoms with Gasteiger partial charge in [0, 0.05) is 17.4 Å². The predicted octanol–water partition coefficient (Wildman–Crippen LogP) is 3.91. The summed E-state index contributed by atoms with van der Waals surface area (Å²) in [6, 6.07) is 11.8. The third-order valence-electron chi connectivity index (χ3n) is 4.97. The molecular weight excluding hydrogens is 348 g/mol. The molecule has 2 amide bonds. The molecule has 0 spiro atoms. The van der Waals surface area contributed by atoms with Crippen molar-refractivity contribution in [2.45, 2.75) is 48.3 Å². The molecule has 2 heterocycles.